The molecule has 0 unspecified atom stereocenters. The van der Waals surface area contributed by atoms with Gasteiger partial charge >= 0.3 is 0 Å². The Balaban J connectivity index is 2.13. The number of ether oxygens (including phenoxy) is 1. The van der Waals surface area contributed by atoms with Crippen molar-refractivity contribution in [1.29, 1.82) is 0 Å². The lowest BCUT2D eigenvalue weighted by Crippen LogP contribution is -1.99. The predicted molar refractivity (Wildman–Crippen MR) is 77.0 cm³/mol. The average molecular weight is 375 g/mol. The molecule has 0 fully saturated rings. The Labute approximate surface area is 121 Å². The Kier molecular flexibility index (Phi) is 4.24. The Morgan fingerprint density at radius 1 is 1.17 bits per heavy atom. The third kappa shape index (κ3) is 3.23. The van der Waals surface area contributed by atoms with Gasteiger partial charge in [-0.25, -0.2) is 4.39 Å². The van der Waals surface area contributed by atoms with Crippen LogP contribution in [0, 0.1) is 5.82 Å². The SMILES string of the molecule is Nc1cc(F)c(Br)cc1OCc1cccc(Br)c1. The van der Waals surface area contributed by atoms with Crippen molar-refractivity contribution in [3.8, 4) is 5.75 Å². The normalized spacial score (nSPS) is 10.4. The Hall–Kier alpha value is -1.07. The van der Waals surface area contributed by atoms with E-state index in [9.17, 15) is 4.39 Å². The molecule has 2 rings (SSSR count). The minimum atomic E-state index is -0.401. The van der Waals surface area contributed by atoms with Crippen LogP contribution in [0.15, 0.2) is 45.3 Å². The topological polar surface area (TPSA) is 35.2 Å². The lowest BCUT2D eigenvalue weighted by atomic mass is 10.2. The van der Waals surface area contributed by atoms with Crippen molar-refractivity contribution in [2.24, 2.45) is 0 Å². The van der Waals surface area contributed by atoms with Gasteiger partial charge in [0.05, 0.1) is 10.2 Å². The van der Waals surface area contributed by atoms with Gasteiger partial charge in [0, 0.05) is 10.5 Å². The summed E-state index contributed by atoms with van der Waals surface area (Å²) in [5, 5.41) is 0. The van der Waals surface area contributed by atoms with Crippen LogP contribution in [0.2, 0.25) is 0 Å². The smallest absolute Gasteiger partial charge is 0.144 e. The van der Waals surface area contributed by atoms with E-state index in [-0.39, 0.29) is 5.69 Å². The zero-order chi connectivity index (χ0) is 13.1. The molecule has 94 valence electrons. The number of hydrogen-bond acceptors (Lipinski definition) is 2. The van der Waals surface area contributed by atoms with E-state index in [1.807, 2.05) is 24.3 Å². The minimum Gasteiger partial charge on any atom is -0.487 e. The van der Waals surface area contributed by atoms with Crippen LogP contribution in [0.4, 0.5) is 10.1 Å². The molecule has 0 amide bonds. The second kappa shape index (κ2) is 5.71. The van der Waals surface area contributed by atoms with E-state index >= 15 is 0 Å². The quantitative estimate of drug-likeness (QED) is 0.802. The first-order valence-corrected chi connectivity index (χ1v) is 6.76. The molecule has 0 atom stereocenters. The van der Waals surface area contributed by atoms with Gasteiger partial charge in [-0.3, -0.25) is 0 Å². The molecule has 0 spiro atoms. The van der Waals surface area contributed by atoms with Gasteiger partial charge < -0.3 is 10.5 Å². The lowest BCUT2D eigenvalue weighted by Gasteiger charge is -2.10. The molecule has 2 aromatic rings. The summed E-state index contributed by atoms with van der Waals surface area (Å²) in [5.41, 5.74) is 6.98. The number of halogens is 3. The van der Waals surface area contributed by atoms with E-state index in [4.69, 9.17) is 10.5 Å². The first kappa shape index (κ1) is 13.4. The van der Waals surface area contributed by atoms with Crippen LogP contribution in [0.1, 0.15) is 5.56 Å². The Morgan fingerprint density at radius 2 is 1.94 bits per heavy atom. The van der Waals surface area contributed by atoms with Crippen molar-refractivity contribution in [3.63, 3.8) is 0 Å². The van der Waals surface area contributed by atoms with E-state index in [0.29, 0.717) is 16.8 Å². The highest BCUT2D eigenvalue weighted by molar-refractivity contribution is 9.10. The van der Waals surface area contributed by atoms with Crippen LogP contribution in [0.5, 0.6) is 5.75 Å². The van der Waals surface area contributed by atoms with Crippen molar-refractivity contribution in [2.75, 3.05) is 5.73 Å². The van der Waals surface area contributed by atoms with Crippen LogP contribution in [0.25, 0.3) is 0 Å². The van der Waals surface area contributed by atoms with E-state index in [1.165, 1.54) is 12.1 Å². The molecule has 5 heteroatoms. The first-order chi connectivity index (χ1) is 8.56. The number of benzene rings is 2. The summed E-state index contributed by atoms with van der Waals surface area (Å²) in [6.45, 7) is 0.377. The second-order valence-corrected chi connectivity index (χ2v) is 5.49. The molecular formula is C13H10Br2FNO. The molecular weight excluding hydrogens is 365 g/mol. The van der Waals surface area contributed by atoms with Crippen molar-refractivity contribution in [1.82, 2.24) is 0 Å². The maximum atomic E-state index is 13.2. The fraction of sp³-hybridized carbons (Fsp3) is 0.0769. The molecule has 0 aliphatic heterocycles. The summed E-state index contributed by atoms with van der Waals surface area (Å²) < 4.78 is 20.1. The van der Waals surface area contributed by atoms with E-state index in [0.717, 1.165) is 10.0 Å². The molecule has 0 bridgehead atoms. The van der Waals surface area contributed by atoms with Gasteiger partial charge in [-0.2, -0.15) is 0 Å². The van der Waals surface area contributed by atoms with Gasteiger partial charge in [0.25, 0.3) is 0 Å². The average Bonchev–Trinajstić information content (AvgIpc) is 2.32. The summed E-state index contributed by atoms with van der Waals surface area (Å²) in [6, 6.07) is 10.5. The van der Waals surface area contributed by atoms with Gasteiger partial charge in [0.15, 0.2) is 0 Å². The summed E-state index contributed by atoms with van der Waals surface area (Å²) in [6.07, 6.45) is 0. The fourth-order valence-electron chi connectivity index (χ4n) is 1.46. The van der Waals surface area contributed by atoms with Crippen molar-refractivity contribution >= 4 is 37.5 Å². The highest BCUT2D eigenvalue weighted by Crippen LogP contribution is 2.29. The predicted octanol–water partition coefficient (Wildman–Crippen LogP) is 4.51. The standard InChI is InChI=1S/C13H10Br2FNO/c14-9-3-1-2-8(4-9)7-18-13-5-10(15)11(16)6-12(13)17/h1-6H,7,17H2. The van der Waals surface area contributed by atoms with E-state index in [2.05, 4.69) is 31.9 Å². The zero-order valence-electron chi connectivity index (χ0n) is 9.29. The Morgan fingerprint density at radius 3 is 2.67 bits per heavy atom. The van der Waals surface area contributed by atoms with Crippen molar-refractivity contribution < 1.29 is 9.13 Å². The monoisotopic (exact) mass is 373 g/mol. The third-order valence-electron chi connectivity index (χ3n) is 2.34. The maximum Gasteiger partial charge on any atom is 0.144 e. The molecule has 0 aliphatic rings. The van der Waals surface area contributed by atoms with Crippen LogP contribution < -0.4 is 10.5 Å². The number of nitrogens with two attached hydrogens (primary N) is 1. The molecule has 0 aliphatic carbocycles. The van der Waals surface area contributed by atoms with E-state index < -0.39 is 5.82 Å². The maximum absolute atomic E-state index is 13.2. The minimum absolute atomic E-state index is 0.283. The largest absolute Gasteiger partial charge is 0.487 e. The lowest BCUT2D eigenvalue weighted by molar-refractivity contribution is 0.307. The van der Waals surface area contributed by atoms with Gasteiger partial charge in [0.1, 0.15) is 18.2 Å². The molecule has 0 heterocycles. The molecule has 2 aromatic carbocycles. The Bertz CT molecular complexity index is 575. The number of rotatable bonds is 3. The molecule has 0 saturated carbocycles. The third-order valence-corrected chi connectivity index (χ3v) is 3.44. The summed E-state index contributed by atoms with van der Waals surface area (Å²) >= 11 is 6.49. The number of anilines is 1. The number of hydrogen-bond donors (Lipinski definition) is 1. The molecule has 18 heavy (non-hydrogen) atoms. The number of nitrogen functional groups attached to an aromatic ring is 1. The summed E-state index contributed by atoms with van der Waals surface area (Å²) in [5.74, 6) is 0.0607. The van der Waals surface area contributed by atoms with Crippen LogP contribution in [-0.2, 0) is 6.61 Å². The second-order valence-electron chi connectivity index (χ2n) is 3.72. The summed E-state index contributed by atoms with van der Waals surface area (Å²) in [4.78, 5) is 0. The van der Waals surface area contributed by atoms with Crippen LogP contribution in [0.3, 0.4) is 0 Å². The van der Waals surface area contributed by atoms with Gasteiger partial charge in [0.2, 0.25) is 0 Å². The molecule has 0 aromatic heterocycles. The van der Waals surface area contributed by atoms with Gasteiger partial charge in [-0.05, 0) is 39.7 Å². The molecule has 2 N–H and O–H groups in total. The molecule has 2 nitrogen and oxygen atoms in total. The highest BCUT2D eigenvalue weighted by Gasteiger charge is 2.07. The van der Waals surface area contributed by atoms with Crippen LogP contribution in [-0.4, -0.2) is 0 Å². The van der Waals surface area contributed by atoms with Crippen LogP contribution >= 0.6 is 31.9 Å². The van der Waals surface area contributed by atoms with Crippen molar-refractivity contribution in [2.45, 2.75) is 6.61 Å². The summed E-state index contributed by atoms with van der Waals surface area (Å²) in [7, 11) is 0. The van der Waals surface area contributed by atoms with Gasteiger partial charge in [-0.15, -0.1) is 0 Å². The van der Waals surface area contributed by atoms with Crippen molar-refractivity contribution in [3.05, 3.63) is 56.7 Å². The molecule has 0 saturated heterocycles. The van der Waals surface area contributed by atoms with E-state index in [1.54, 1.807) is 0 Å². The first-order valence-electron chi connectivity index (χ1n) is 5.18. The van der Waals surface area contributed by atoms with Gasteiger partial charge in [-0.1, -0.05) is 28.1 Å². The highest BCUT2D eigenvalue weighted by atomic mass is 79.9. The zero-order valence-corrected chi connectivity index (χ0v) is 12.5. The molecule has 0 radical (unpaired) electrons. The fourth-order valence-corrected chi connectivity index (χ4v) is 2.23.